The molecule has 4 amide bonds. The maximum Gasteiger partial charge on any atom is 0.328 e. The average molecular weight is 481 g/mol. The average Bonchev–Trinajstić information content (AvgIpc) is 3.52. The molecule has 1 aliphatic heterocycles. The largest absolute Gasteiger partial charge is 0.355 e. The summed E-state index contributed by atoms with van der Waals surface area (Å²) in [5.74, 6) is -0.0286. The lowest BCUT2D eigenvalue weighted by Crippen LogP contribution is -2.40. The highest BCUT2D eigenvalue weighted by atomic mass is 32.2. The molecule has 9 nitrogen and oxygen atoms in total. The number of nitrogens with one attached hydrogen (secondary N) is 4. The van der Waals surface area contributed by atoms with E-state index in [1.807, 2.05) is 18.6 Å². The topological polar surface area (TPSA) is 133 Å². The van der Waals surface area contributed by atoms with Crippen molar-refractivity contribution in [3.8, 4) is 0 Å². The lowest BCUT2D eigenvalue weighted by molar-refractivity contribution is -0.130. The predicted molar refractivity (Wildman–Crippen MR) is 123 cm³/mol. The normalized spacial score (nSPS) is 23.7. The van der Waals surface area contributed by atoms with Gasteiger partial charge >= 0.3 is 6.03 Å². The molecule has 0 radical (unpaired) electrons. The first-order valence-corrected chi connectivity index (χ1v) is 12.5. The molecule has 1 heterocycles. The van der Waals surface area contributed by atoms with E-state index in [4.69, 9.17) is 12.2 Å². The van der Waals surface area contributed by atoms with Crippen LogP contribution in [0.3, 0.4) is 0 Å². The third-order valence-electron chi connectivity index (χ3n) is 6.43. The fourth-order valence-corrected chi connectivity index (χ4v) is 5.65. The molecule has 0 aromatic heterocycles. The number of benzene rings is 1. The first kappa shape index (κ1) is 24.1. The summed E-state index contributed by atoms with van der Waals surface area (Å²) in [7, 11) is -4.22. The Hall–Kier alpha value is -2.53. The van der Waals surface area contributed by atoms with Crippen molar-refractivity contribution in [1.29, 1.82) is 0 Å². The van der Waals surface area contributed by atoms with Crippen LogP contribution >= 0.6 is 12.2 Å². The first-order valence-electron chi connectivity index (χ1n) is 10.6. The van der Waals surface area contributed by atoms with Gasteiger partial charge in [-0.25, -0.2) is 17.9 Å². The predicted octanol–water partition coefficient (Wildman–Crippen LogP) is 1.52. The van der Waals surface area contributed by atoms with E-state index < -0.39 is 27.5 Å². The highest BCUT2D eigenvalue weighted by Gasteiger charge is 2.48. The number of hydrogen-bond donors (Lipinski definition) is 4. The molecule has 3 atom stereocenters. The van der Waals surface area contributed by atoms with E-state index >= 15 is 0 Å². The summed E-state index contributed by atoms with van der Waals surface area (Å²) < 4.78 is 27.9. The van der Waals surface area contributed by atoms with E-state index in [0.717, 1.165) is 12.8 Å². The Kier molecular flexibility index (Phi) is 7.19. The maximum atomic E-state index is 12.9. The van der Waals surface area contributed by atoms with Crippen LogP contribution in [0.5, 0.6) is 0 Å². The Balaban J connectivity index is 1.94. The molecule has 1 aromatic rings. The maximum absolute atomic E-state index is 12.9. The quantitative estimate of drug-likeness (QED) is 0.296. The van der Waals surface area contributed by atoms with E-state index in [1.165, 1.54) is 17.5 Å². The van der Waals surface area contributed by atoms with Crippen molar-refractivity contribution in [2.45, 2.75) is 56.5 Å². The van der Waals surface area contributed by atoms with Gasteiger partial charge in [-0.2, -0.15) is 0 Å². The van der Waals surface area contributed by atoms with Gasteiger partial charge in [0, 0.05) is 23.5 Å². The van der Waals surface area contributed by atoms with Crippen LogP contribution in [0.15, 0.2) is 23.1 Å². The summed E-state index contributed by atoms with van der Waals surface area (Å²) in [6.07, 6.45) is 3.05. The van der Waals surface area contributed by atoms with Crippen LogP contribution in [0, 0.1) is 11.3 Å². The van der Waals surface area contributed by atoms with Gasteiger partial charge in [-0.1, -0.05) is 38.2 Å². The van der Waals surface area contributed by atoms with Crippen molar-refractivity contribution in [3.63, 3.8) is 0 Å². The van der Waals surface area contributed by atoms with Crippen molar-refractivity contribution in [1.82, 2.24) is 20.7 Å². The summed E-state index contributed by atoms with van der Waals surface area (Å²) in [5, 5.41) is 9.41. The molecule has 0 bridgehead atoms. The second-order valence-corrected chi connectivity index (χ2v) is 10.3. The fourth-order valence-electron chi connectivity index (χ4n) is 4.22. The lowest BCUT2D eigenvalue weighted by Gasteiger charge is -2.33. The zero-order valence-electron chi connectivity index (χ0n) is 18.0. The van der Waals surface area contributed by atoms with Gasteiger partial charge in [0.2, 0.25) is 12.3 Å². The molecular formula is C21H28N4O5S2. The van der Waals surface area contributed by atoms with Gasteiger partial charge in [-0.3, -0.25) is 9.59 Å². The summed E-state index contributed by atoms with van der Waals surface area (Å²) >= 11 is 4.97. The molecule has 2 fully saturated rings. The third-order valence-corrected chi connectivity index (χ3v) is 8.07. The standard InChI is InChI=1S/C21H28N4O5S2/c1-3-21(13(2)10-22-19(21)27)9-17(23-12-26)14-4-5-15(11-31)18(8-14)32(29,30)25-20(28)24-16-6-7-16/h4-5,8,11-13,16-17H,3,6-7,9-10H2,1-2H3,(H,22,27)(H,23,26)(H2,24,25,28). The van der Waals surface area contributed by atoms with Crippen molar-refractivity contribution in [2.24, 2.45) is 11.3 Å². The van der Waals surface area contributed by atoms with E-state index in [-0.39, 0.29) is 28.3 Å². The minimum Gasteiger partial charge on any atom is -0.355 e. The van der Waals surface area contributed by atoms with Crippen LogP contribution in [0.2, 0.25) is 0 Å². The van der Waals surface area contributed by atoms with Crippen molar-refractivity contribution in [2.75, 3.05) is 6.54 Å². The zero-order valence-corrected chi connectivity index (χ0v) is 19.6. The number of sulfonamides is 1. The van der Waals surface area contributed by atoms with Crippen molar-refractivity contribution >= 4 is 46.0 Å². The molecule has 1 saturated heterocycles. The summed E-state index contributed by atoms with van der Waals surface area (Å²) in [5.41, 5.74) is 0.0585. The Morgan fingerprint density at radius 2 is 2.09 bits per heavy atom. The number of amides is 4. The van der Waals surface area contributed by atoms with Crippen LogP contribution in [-0.4, -0.2) is 44.7 Å². The molecule has 3 unspecified atom stereocenters. The smallest absolute Gasteiger partial charge is 0.328 e. The van der Waals surface area contributed by atoms with Gasteiger partial charge in [0.1, 0.15) is 0 Å². The van der Waals surface area contributed by atoms with E-state index in [9.17, 15) is 22.8 Å². The number of thiocarbonyl (C=S) groups is 1. The van der Waals surface area contributed by atoms with Crippen molar-refractivity contribution < 1.29 is 22.8 Å². The SMILES string of the molecule is CCC1(CC(NC=O)c2ccc(C=S)c(S(=O)(=O)NC(=O)NC3CC3)c2)C(=O)NCC1C. The Bertz CT molecular complexity index is 1030. The lowest BCUT2D eigenvalue weighted by atomic mass is 9.71. The van der Waals surface area contributed by atoms with E-state index in [0.29, 0.717) is 31.4 Å². The monoisotopic (exact) mass is 480 g/mol. The second-order valence-electron chi connectivity index (χ2n) is 8.43. The second kappa shape index (κ2) is 9.53. The fraction of sp³-hybridized carbons (Fsp3) is 0.524. The Labute approximate surface area is 193 Å². The highest BCUT2D eigenvalue weighted by Crippen LogP contribution is 2.43. The number of carbonyl (C=O) groups is 3. The van der Waals surface area contributed by atoms with E-state index in [2.05, 4.69) is 16.0 Å². The Morgan fingerprint density at radius 1 is 1.38 bits per heavy atom. The summed E-state index contributed by atoms with van der Waals surface area (Å²) in [6.45, 7) is 4.45. The third kappa shape index (κ3) is 4.93. The van der Waals surface area contributed by atoms with Crippen LogP contribution in [-0.2, 0) is 19.6 Å². The van der Waals surface area contributed by atoms with Gasteiger partial charge in [-0.05, 0) is 43.2 Å². The van der Waals surface area contributed by atoms with Gasteiger partial charge in [0.25, 0.3) is 10.0 Å². The zero-order chi connectivity index (χ0) is 23.5. The summed E-state index contributed by atoms with van der Waals surface area (Å²) in [6, 6.07) is 3.19. The number of carbonyl (C=O) groups excluding carboxylic acids is 3. The van der Waals surface area contributed by atoms with Crippen LogP contribution in [0.25, 0.3) is 0 Å². The molecule has 2 aliphatic rings. The van der Waals surface area contributed by atoms with Gasteiger partial charge in [-0.15, -0.1) is 0 Å². The molecule has 174 valence electrons. The summed E-state index contributed by atoms with van der Waals surface area (Å²) in [4.78, 5) is 35.9. The molecule has 1 aromatic carbocycles. The number of rotatable bonds is 10. The van der Waals surface area contributed by atoms with Crippen LogP contribution in [0.1, 0.15) is 56.7 Å². The molecular weight excluding hydrogens is 452 g/mol. The van der Waals surface area contributed by atoms with Gasteiger partial charge in [0.05, 0.1) is 16.4 Å². The minimum atomic E-state index is -4.22. The number of hydrogen-bond acceptors (Lipinski definition) is 6. The van der Waals surface area contributed by atoms with Crippen molar-refractivity contribution in [3.05, 3.63) is 29.3 Å². The molecule has 1 saturated carbocycles. The number of urea groups is 1. The van der Waals surface area contributed by atoms with Crippen LogP contribution in [0.4, 0.5) is 4.79 Å². The van der Waals surface area contributed by atoms with E-state index in [1.54, 1.807) is 6.07 Å². The van der Waals surface area contributed by atoms with Gasteiger partial charge < -0.3 is 16.0 Å². The molecule has 3 rings (SSSR count). The minimum absolute atomic E-state index is 0.00697. The Morgan fingerprint density at radius 3 is 2.62 bits per heavy atom. The molecule has 0 spiro atoms. The molecule has 32 heavy (non-hydrogen) atoms. The molecule has 4 N–H and O–H groups in total. The molecule has 11 heteroatoms. The highest BCUT2D eigenvalue weighted by molar-refractivity contribution is 7.90. The van der Waals surface area contributed by atoms with Gasteiger partial charge in [0.15, 0.2) is 0 Å². The molecule has 1 aliphatic carbocycles. The van der Waals surface area contributed by atoms with Crippen LogP contribution < -0.4 is 20.7 Å². The first-order chi connectivity index (χ1) is 15.2.